The molecule has 1 aliphatic heterocycles. The normalized spacial score (nSPS) is 15.9. The summed E-state index contributed by atoms with van der Waals surface area (Å²) in [5, 5.41) is 28.1. The topological polar surface area (TPSA) is 85.4 Å². The van der Waals surface area contributed by atoms with Crippen molar-refractivity contribution in [2.24, 2.45) is 0 Å². The van der Waals surface area contributed by atoms with Gasteiger partial charge >= 0.3 is 5.97 Å². The van der Waals surface area contributed by atoms with Crippen molar-refractivity contribution in [2.45, 2.75) is 77.2 Å². The second-order valence-electron chi connectivity index (χ2n) is 13.7. The lowest BCUT2D eigenvalue weighted by molar-refractivity contribution is -0.436. The van der Waals surface area contributed by atoms with Gasteiger partial charge in [-0.15, -0.1) is 0 Å². The van der Waals surface area contributed by atoms with Crippen molar-refractivity contribution < 1.29 is 24.4 Å². The van der Waals surface area contributed by atoms with Crippen molar-refractivity contribution in [1.82, 2.24) is 4.57 Å². The molecule has 0 atom stereocenters. The fraction of sp³-hybridized carbons (Fsp3) is 0.295. The van der Waals surface area contributed by atoms with E-state index in [2.05, 4.69) is 106 Å². The van der Waals surface area contributed by atoms with Crippen molar-refractivity contribution in [1.29, 1.82) is 0 Å². The third-order valence-electron chi connectivity index (χ3n) is 10.4. The Morgan fingerprint density at radius 3 is 2.33 bits per heavy atom. The SMILES string of the molecule is O=C([O-])CCCCCn1/c(=C/C=C2\CCCC(/C=C/C3=[N+](CCCCCC(=O)O)c4cccc5cccc3c45)=C2Cl)c2cccc3cccc1c32. The van der Waals surface area contributed by atoms with E-state index in [1.807, 2.05) is 0 Å². The van der Waals surface area contributed by atoms with E-state index >= 15 is 0 Å². The molecule has 0 radical (unpaired) electrons. The first-order valence-electron chi connectivity index (χ1n) is 18.3. The van der Waals surface area contributed by atoms with Gasteiger partial charge in [-0.25, -0.2) is 0 Å². The van der Waals surface area contributed by atoms with E-state index in [4.69, 9.17) is 16.7 Å². The Morgan fingerprint density at radius 2 is 1.53 bits per heavy atom. The summed E-state index contributed by atoms with van der Waals surface area (Å²) in [6.07, 6.45) is 16.8. The number of aryl methyl sites for hydroxylation is 1. The molecule has 260 valence electrons. The number of carbonyl (C=O) groups is 2. The molecule has 7 heteroatoms. The highest BCUT2D eigenvalue weighted by molar-refractivity contribution is 6.32. The molecule has 0 saturated carbocycles. The largest absolute Gasteiger partial charge is 0.550 e. The molecule has 1 N–H and O–H groups in total. The Balaban J connectivity index is 1.21. The van der Waals surface area contributed by atoms with E-state index in [9.17, 15) is 14.7 Å². The van der Waals surface area contributed by atoms with Gasteiger partial charge in [0.1, 0.15) is 6.54 Å². The number of aromatic nitrogens is 1. The quantitative estimate of drug-likeness (QED) is 0.0876. The minimum Gasteiger partial charge on any atom is -0.550 e. The monoisotopic (exact) mass is 698 g/mol. The zero-order valence-corrected chi connectivity index (χ0v) is 29.6. The van der Waals surface area contributed by atoms with Gasteiger partial charge in [0.05, 0.1) is 10.9 Å². The van der Waals surface area contributed by atoms with E-state index in [-0.39, 0.29) is 12.8 Å². The fourth-order valence-corrected chi connectivity index (χ4v) is 8.23. The highest BCUT2D eigenvalue weighted by Crippen LogP contribution is 2.37. The van der Waals surface area contributed by atoms with Crippen LogP contribution in [0, 0.1) is 0 Å². The molecule has 4 aromatic carbocycles. The van der Waals surface area contributed by atoms with Crippen LogP contribution in [0.1, 0.15) is 76.2 Å². The Bertz CT molecular complexity index is 2310. The average Bonchev–Trinajstić information content (AvgIpc) is 3.60. The maximum absolute atomic E-state index is 11.0. The number of hydrogen-bond donors (Lipinski definition) is 1. The number of carboxylic acid groups (broad SMARTS) is 2. The molecule has 0 bridgehead atoms. The van der Waals surface area contributed by atoms with Gasteiger partial charge in [-0.1, -0.05) is 84.8 Å². The molecule has 0 amide bonds. The molecular weight excluding hydrogens is 656 g/mol. The predicted octanol–water partition coefficient (Wildman–Crippen LogP) is 8.71. The van der Waals surface area contributed by atoms with Gasteiger partial charge in [0, 0.05) is 64.2 Å². The van der Waals surface area contributed by atoms with Crippen LogP contribution in [0.2, 0.25) is 0 Å². The second kappa shape index (κ2) is 15.5. The van der Waals surface area contributed by atoms with Gasteiger partial charge in [0.15, 0.2) is 0 Å². The van der Waals surface area contributed by atoms with Crippen molar-refractivity contribution in [3.05, 3.63) is 118 Å². The summed E-state index contributed by atoms with van der Waals surface area (Å²) in [5.41, 5.74) is 7.02. The van der Waals surface area contributed by atoms with Crippen molar-refractivity contribution >= 4 is 73.5 Å². The smallest absolute Gasteiger partial charge is 0.303 e. The minimum atomic E-state index is -0.987. The highest BCUT2D eigenvalue weighted by Gasteiger charge is 2.30. The number of hydrogen-bond acceptors (Lipinski definition) is 3. The van der Waals surface area contributed by atoms with E-state index < -0.39 is 11.9 Å². The van der Waals surface area contributed by atoms with Crippen molar-refractivity contribution in [3.8, 4) is 0 Å². The summed E-state index contributed by atoms with van der Waals surface area (Å²) in [5.74, 6) is -1.73. The molecule has 0 fully saturated rings. The van der Waals surface area contributed by atoms with E-state index in [0.717, 1.165) is 85.3 Å². The van der Waals surface area contributed by atoms with Gasteiger partial charge in [-0.3, -0.25) is 4.79 Å². The van der Waals surface area contributed by atoms with Crippen molar-refractivity contribution in [3.63, 3.8) is 0 Å². The molecule has 0 spiro atoms. The maximum Gasteiger partial charge on any atom is 0.303 e. The fourth-order valence-electron chi connectivity index (χ4n) is 7.92. The van der Waals surface area contributed by atoms with Gasteiger partial charge in [-0.05, 0) is 91.5 Å². The number of aliphatic carboxylic acids is 2. The van der Waals surface area contributed by atoms with Crippen LogP contribution in [0.4, 0.5) is 5.69 Å². The number of carbonyl (C=O) groups excluding carboxylic acids is 1. The maximum atomic E-state index is 11.0. The number of unbranched alkanes of at least 4 members (excludes halogenated alkanes) is 4. The number of benzene rings is 4. The highest BCUT2D eigenvalue weighted by atomic mass is 35.5. The molecule has 2 heterocycles. The van der Waals surface area contributed by atoms with Gasteiger partial charge < -0.3 is 19.6 Å². The third kappa shape index (κ3) is 7.29. The predicted molar refractivity (Wildman–Crippen MR) is 206 cm³/mol. The molecule has 1 aliphatic carbocycles. The molecule has 7 rings (SSSR count). The van der Waals surface area contributed by atoms with Crippen LogP contribution < -0.4 is 10.5 Å². The van der Waals surface area contributed by atoms with Crippen molar-refractivity contribution in [2.75, 3.05) is 6.54 Å². The molecule has 0 unspecified atom stereocenters. The lowest BCUT2D eigenvalue weighted by atomic mass is 9.93. The first-order chi connectivity index (χ1) is 24.9. The molecule has 6 nitrogen and oxygen atoms in total. The Morgan fingerprint density at radius 1 is 0.804 bits per heavy atom. The molecular formula is C44H43ClN2O4. The van der Waals surface area contributed by atoms with E-state index in [0.29, 0.717) is 12.8 Å². The summed E-state index contributed by atoms with van der Waals surface area (Å²) in [7, 11) is 0. The number of allylic oxidation sites excluding steroid dienone is 6. The van der Waals surface area contributed by atoms with E-state index in [1.165, 1.54) is 43.7 Å². The van der Waals surface area contributed by atoms with Crippen LogP contribution in [-0.4, -0.2) is 38.4 Å². The lowest BCUT2D eigenvalue weighted by Crippen LogP contribution is -2.21. The van der Waals surface area contributed by atoms with Crippen LogP contribution in [0.3, 0.4) is 0 Å². The minimum absolute atomic E-state index is 0.0979. The molecule has 5 aromatic rings. The first-order valence-corrected chi connectivity index (χ1v) is 18.6. The third-order valence-corrected chi connectivity index (χ3v) is 10.8. The summed E-state index contributed by atoms with van der Waals surface area (Å²) >= 11 is 7.21. The van der Waals surface area contributed by atoms with Crippen LogP contribution in [-0.2, 0) is 16.1 Å². The number of nitrogens with zero attached hydrogens (tertiary/aromatic N) is 2. The number of carboxylic acids is 2. The zero-order chi connectivity index (χ0) is 35.3. The average molecular weight is 699 g/mol. The van der Waals surface area contributed by atoms with E-state index in [1.54, 1.807) is 0 Å². The molecule has 2 aliphatic rings. The summed E-state index contributed by atoms with van der Waals surface area (Å²) in [6.45, 7) is 1.62. The first kappa shape index (κ1) is 34.5. The van der Waals surface area contributed by atoms with Crippen LogP contribution in [0.15, 0.2) is 107 Å². The standard InChI is InChI=1S/C44H43ClN2O4/c45-44-32(24-26-36-34-18-8-12-30-14-10-20-38(42(30)34)46(36)28-5-1-3-22-40(48)49)16-7-17-33(44)25-27-37-35-19-9-13-31-15-11-21-39(43(31)35)47(37)29-6-2-4-23-41(50)51/h8-15,18-21,24-27H,1-7,16-17,22-23,28-29H2,(H-,48,49,50,51). The lowest BCUT2D eigenvalue weighted by Gasteiger charge is -2.16. The summed E-state index contributed by atoms with van der Waals surface area (Å²) in [4.78, 5) is 22.0. The number of halogens is 1. The summed E-state index contributed by atoms with van der Waals surface area (Å²) in [6, 6.07) is 25.8. The summed E-state index contributed by atoms with van der Waals surface area (Å²) < 4.78 is 4.76. The molecule has 0 saturated heterocycles. The van der Waals surface area contributed by atoms with Gasteiger partial charge in [-0.2, -0.15) is 4.58 Å². The van der Waals surface area contributed by atoms with Crippen LogP contribution in [0.5, 0.6) is 0 Å². The van der Waals surface area contributed by atoms with Gasteiger partial charge in [0.2, 0.25) is 11.4 Å². The Labute approximate surface area is 303 Å². The zero-order valence-electron chi connectivity index (χ0n) is 28.9. The van der Waals surface area contributed by atoms with Crippen LogP contribution >= 0.6 is 11.6 Å². The number of rotatable bonds is 15. The second-order valence-corrected chi connectivity index (χ2v) is 14.1. The molecule has 51 heavy (non-hydrogen) atoms. The van der Waals surface area contributed by atoms with Gasteiger partial charge in [0.25, 0.3) is 0 Å². The Kier molecular flexibility index (Phi) is 10.5. The Hall–Kier alpha value is -4.94. The molecule has 1 aromatic heterocycles. The van der Waals surface area contributed by atoms with Crippen LogP contribution in [0.25, 0.3) is 38.5 Å².